The third kappa shape index (κ3) is 7.23. The Morgan fingerprint density at radius 3 is 1.70 bits per heavy atom. The molecule has 0 saturated heterocycles. The van der Waals surface area contributed by atoms with E-state index in [2.05, 4.69) is 6.92 Å². The molecular weight excluding hydrogens is 376 g/mol. The van der Waals surface area contributed by atoms with Gasteiger partial charge < -0.3 is 4.74 Å². The molecule has 0 unspecified atom stereocenters. The number of hydrogen-bond acceptors (Lipinski definition) is 4. The number of benzene rings is 1. The van der Waals surface area contributed by atoms with Crippen LogP contribution in [0, 0.1) is 0 Å². The van der Waals surface area contributed by atoms with E-state index in [1.807, 2.05) is 0 Å². The summed E-state index contributed by atoms with van der Waals surface area (Å²) in [5.41, 5.74) is 1.07. The van der Waals surface area contributed by atoms with Crippen molar-refractivity contribution in [3.63, 3.8) is 0 Å². The molecule has 0 N–H and O–H groups in total. The minimum Gasteiger partial charge on any atom is -0.422 e. The molecule has 0 aromatic heterocycles. The molecule has 30 heavy (non-hydrogen) atoms. The zero-order valence-corrected chi connectivity index (χ0v) is 18.6. The fraction of sp³-hybridized carbons (Fsp3) is 0.577. The Bertz CT molecular complexity index is 760. The Morgan fingerprint density at radius 1 is 0.733 bits per heavy atom. The quantitative estimate of drug-likeness (QED) is 0.244. The van der Waals surface area contributed by atoms with E-state index in [9.17, 15) is 14.4 Å². The first-order chi connectivity index (χ1) is 14.6. The van der Waals surface area contributed by atoms with Crippen LogP contribution in [0.3, 0.4) is 0 Å². The summed E-state index contributed by atoms with van der Waals surface area (Å²) in [6, 6.07) is 6.75. The number of fused-ring (bicyclic) bond motifs is 1. The lowest BCUT2D eigenvalue weighted by atomic mass is 9.86. The van der Waals surface area contributed by atoms with Gasteiger partial charge in [-0.1, -0.05) is 102 Å². The van der Waals surface area contributed by atoms with Crippen LogP contribution in [0.15, 0.2) is 35.6 Å². The summed E-state index contributed by atoms with van der Waals surface area (Å²) >= 11 is 0. The number of ketones is 2. The number of rotatable bonds is 14. The van der Waals surface area contributed by atoms with Gasteiger partial charge in [0.25, 0.3) is 0 Å². The largest absolute Gasteiger partial charge is 0.422 e. The van der Waals surface area contributed by atoms with Crippen LogP contribution in [-0.4, -0.2) is 17.5 Å². The van der Waals surface area contributed by atoms with E-state index in [0.717, 1.165) is 19.3 Å². The van der Waals surface area contributed by atoms with E-state index >= 15 is 0 Å². The monoisotopic (exact) mass is 412 g/mol. The molecule has 0 bridgehead atoms. The second-order valence-electron chi connectivity index (χ2n) is 8.24. The molecule has 0 fully saturated rings. The maximum absolute atomic E-state index is 12.9. The Morgan fingerprint density at radius 2 is 1.20 bits per heavy atom. The summed E-state index contributed by atoms with van der Waals surface area (Å²) in [4.78, 5) is 37.1. The van der Waals surface area contributed by atoms with Crippen LogP contribution in [0.5, 0.6) is 0 Å². The normalized spacial score (nSPS) is 13.5. The van der Waals surface area contributed by atoms with Crippen LogP contribution < -0.4 is 0 Å². The Labute approximate surface area is 181 Å². The molecular formula is C26H36O4. The zero-order valence-electron chi connectivity index (χ0n) is 18.6. The van der Waals surface area contributed by atoms with Crippen molar-refractivity contribution in [2.75, 3.05) is 0 Å². The summed E-state index contributed by atoms with van der Waals surface area (Å²) in [7, 11) is 0. The minimum absolute atomic E-state index is 0.0747. The van der Waals surface area contributed by atoms with Gasteiger partial charge in [-0.2, -0.15) is 0 Å². The maximum atomic E-state index is 12.9. The average molecular weight is 413 g/mol. The van der Waals surface area contributed by atoms with Gasteiger partial charge in [0.05, 0.1) is 0 Å². The van der Waals surface area contributed by atoms with Crippen molar-refractivity contribution in [3.8, 4) is 0 Å². The smallest absolute Gasteiger partial charge is 0.308 e. The number of unbranched alkanes of at least 4 members (excludes halogenated alkanes) is 11. The number of hydrogen-bond donors (Lipinski definition) is 0. The molecule has 0 heterocycles. The second kappa shape index (κ2) is 13.1. The predicted molar refractivity (Wildman–Crippen MR) is 120 cm³/mol. The Hall–Kier alpha value is -2.23. The van der Waals surface area contributed by atoms with Crippen molar-refractivity contribution in [2.24, 2.45) is 0 Å². The van der Waals surface area contributed by atoms with Crippen molar-refractivity contribution in [3.05, 3.63) is 46.7 Å². The van der Waals surface area contributed by atoms with Crippen LogP contribution >= 0.6 is 0 Å². The molecule has 0 spiro atoms. The van der Waals surface area contributed by atoms with Gasteiger partial charge in [-0.25, -0.2) is 0 Å². The molecule has 164 valence electrons. The van der Waals surface area contributed by atoms with Crippen molar-refractivity contribution in [2.45, 2.75) is 97.3 Å². The van der Waals surface area contributed by atoms with E-state index in [0.29, 0.717) is 23.1 Å². The molecule has 0 radical (unpaired) electrons. The topological polar surface area (TPSA) is 60.4 Å². The summed E-state index contributed by atoms with van der Waals surface area (Å²) in [5, 5.41) is 0. The number of Topliss-reactive ketones (excluding diaryl/α,β-unsaturated/α-hetero) is 2. The summed E-state index contributed by atoms with van der Waals surface area (Å²) in [6.07, 6.45) is 15.3. The minimum atomic E-state index is -0.572. The number of allylic oxidation sites excluding steroid dienone is 2. The van der Waals surface area contributed by atoms with Crippen LogP contribution in [0.25, 0.3) is 0 Å². The lowest BCUT2D eigenvalue weighted by Gasteiger charge is -2.20. The number of esters is 1. The molecule has 1 aliphatic rings. The lowest BCUT2D eigenvalue weighted by molar-refractivity contribution is -0.136. The highest BCUT2D eigenvalue weighted by atomic mass is 16.5. The van der Waals surface area contributed by atoms with Crippen molar-refractivity contribution in [1.29, 1.82) is 0 Å². The van der Waals surface area contributed by atoms with Gasteiger partial charge in [-0.3, -0.25) is 14.4 Å². The lowest BCUT2D eigenvalue weighted by Crippen LogP contribution is -2.24. The van der Waals surface area contributed by atoms with Gasteiger partial charge in [0, 0.05) is 23.6 Å². The third-order valence-electron chi connectivity index (χ3n) is 5.70. The maximum Gasteiger partial charge on any atom is 0.308 e. The standard InChI is InChI=1S/C26H36O4/c1-3-4-5-6-7-8-9-10-11-12-13-14-19-23-24(28)21-17-15-16-18-22(21)25(29)26(23)30-20(2)27/h15-18H,3-14,19H2,1-2H3. The van der Waals surface area contributed by atoms with E-state index in [-0.39, 0.29) is 17.3 Å². The third-order valence-corrected chi connectivity index (χ3v) is 5.70. The molecule has 1 aliphatic carbocycles. The molecule has 2 rings (SSSR count). The van der Waals surface area contributed by atoms with E-state index in [4.69, 9.17) is 4.74 Å². The highest BCUT2D eigenvalue weighted by molar-refractivity contribution is 6.26. The Balaban J connectivity index is 1.77. The SMILES string of the molecule is CCCCCCCCCCCCCCC1=C(OC(C)=O)C(=O)c2ccccc2C1=O. The molecule has 4 heteroatoms. The predicted octanol–water partition coefficient (Wildman–Crippen LogP) is 6.97. The van der Waals surface area contributed by atoms with E-state index < -0.39 is 5.97 Å². The zero-order chi connectivity index (χ0) is 21.8. The highest BCUT2D eigenvalue weighted by Gasteiger charge is 2.33. The summed E-state index contributed by atoms with van der Waals surface area (Å²) < 4.78 is 5.17. The van der Waals surface area contributed by atoms with E-state index in [1.165, 1.54) is 64.7 Å². The first-order valence-electron chi connectivity index (χ1n) is 11.7. The van der Waals surface area contributed by atoms with Gasteiger partial charge in [-0.15, -0.1) is 0 Å². The van der Waals surface area contributed by atoms with Crippen LogP contribution in [0.4, 0.5) is 0 Å². The van der Waals surface area contributed by atoms with Crippen molar-refractivity contribution in [1.82, 2.24) is 0 Å². The number of ether oxygens (including phenoxy) is 1. The molecule has 0 saturated carbocycles. The van der Waals surface area contributed by atoms with Crippen LogP contribution in [0.2, 0.25) is 0 Å². The van der Waals surface area contributed by atoms with Gasteiger partial charge >= 0.3 is 5.97 Å². The molecule has 4 nitrogen and oxygen atoms in total. The molecule has 0 atom stereocenters. The fourth-order valence-electron chi connectivity index (χ4n) is 4.03. The van der Waals surface area contributed by atoms with E-state index in [1.54, 1.807) is 24.3 Å². The molecule has 0 amide bonds. The second-order valence-corrected chi connectivity index (χ2v) is 8.24. The number of carbonyl (C=O) groups excluding carboxylic acids is 3. The summed E-state index contributed by atoms with van der Waals surface area (Å²) in [5.74, 6) is -1.20. The van der Waals surface area contributed by atoms with Gasteiger partial charge in [0.15, 0.2) is 11.5 Å². The van der Waals surface area contributed by atoms with Gasteiger partial charge in [-0.05, 0) is 12.8 Å². The van der Waals surface area contributed by atoms with Gasteiger partial charge in [0.1, 0.15) is 0 Å². The molecule has 1 aromatic carbocycles. The van der Waals surface area contributed by atoms with Gasteiger partial charge in [0.2, 0.25) is 5.78 Å². The summed E-state index contributed by atoms with van der Waals surface area (Å²) in [6.45, 7) is 3.50. The fourth-order valence-corrected chi connectivity index (χ4v) is 4.03. The molecule has 1 aromatic rings. The number of carbonyl (C=O) groups is 3. The van der Waals surface area contributed by atoms with Crippen molar-refractivity contribution >= 4 is 17.5 Å². The first kappa shape index (κ1) is 24.0. The average Bonchev–Trinajstić information content (AvgIpc) is 2.74. The first-order valence-corrected chi connectivity index (χ1v) is 11.7. The van der Waals surface area contributed by atoms with Crippen molar-refractivity contribution < 1.29 is 19.1 Å². The van der Waals surface area contributed by atoms with Crippen LogP contribution in [-0.2, 0) is 9.53 Å². The van der Waals surface area contributed by atoms with Crippen LogP contribution in [0.1, 0.15) is 118 Å². The Kier molecular flexibility index (Phi) is 10.5. The molecule has 0 aliphatic heterocycles. The highest BCUT2D eigenvalue weighted by Crippen LogP contribution is 2.30.